The predicted octanol–water partition coefficient (Wildman–Crippen LogP) is 3.62. The van der Waals surface area contributed by atoms with E-state index in [1.807, 2.05) is 0 Å². The topological polar surface area (TPSA) is 18.5 Å². The molecule has 7 unspecified atom stereocenters. The molecule has 0 aromatic rings. The molecular formula is C18H26O2. The maximum Gasteiger partial charge on any atom is 0.165 e. The van der Waals surface area contributed by atoms with Crippen molar-refractivity contribution in [2.24, 2.45) is 41.4 Å². The molecule has 0 N–H and O–H groups in total. The molecule has 5 rings (SSSR count). The summed E-state index contributed by atoms with van der Waals surface area (Å²) in [4.78, 5) is 0. The molecule has 3 saturated carbocycles. The molecule has 4 fully saturated rings. The zero-order chi connectivity index (χ0) is 13.3. The van der Waals surface area contributed by atoms with Gasteiger partial charge in [-0.1, -0.05) is 12.2 Å². The first-order chi connectivity index (χ1) is 9.73. The Morgan fingerprint density at radius 2 is 1.75 bits per heavy atom. The normalized spacial score (nSPS) is 54.0. The second kappa shape index (κ2) is 4.10. The fraction of sp³-hybridized carbons (Fsp3) is 0.889. The first kappa shape index (κ1) is 12.2. The molecule has 0 aromatic heterocycles. The van der Waals surface area contributed by atoms with Gasteiger partial charge in [-0.2, -0.15) is 0 Å². The van der Waals surface area contributed by atoms with E-state index in [2.05, 4.69) is 19.1 Å². The molecule has 1 heterocycles. The van der Waals surface area contributed by atoms with Crippen LogP contribution in [0.5, 0.6) is 0 Å². The predicted molar refractivity (Wildman–Crippen MR) is 77.0 cm³/mol. The van der Waals surface area contributed by atoms with E-state index in [1.165, 1.54) is 25.7 Å². The molecule has 0 aromatic carbocycles. The molecule has 4 bridgehead atoms. The van der Waals surface area contributed by atoms with Crippen LogP contribution in [-0.2, 0) is 9.47 Å². The Morgan fingerprint density at radius 1 is 1.00 bits per heavy atom. The minimum absolute atomic E-state index is 0.268. The van der Waals surface area contributed by atoms with E-state index >= 15 is 0 Å². The van der Waals surface area contributed by atoms with Gasteiger partial charge in [0.2, 0.25) is 0 Å². The number of hydrogen-bond donors (Lipinski definition) is 0. The van der Waals surface area contributed by atoms with Crippen molar-refractivity contribution in [1.82, 2.24) is 0 Å². The van der Waals surface area contributed by atoms with E-state index in [-0.39, 0.29) is 5.79 Å². The summed E-state index contributed by atoms with van der Waals surface area (Å²) >= 11 is 0. The molecule has 1 aliphatic heterocycles. The van der Waals surface area contributed by atoms with Crippen LogP contribution in [0.25, 0.3) is 0 Å². The van der Waals surface area contributed by atoms with E-state index in [9.17, 15) is 0 Å². The van der Waals surface area contributed by atoms with E-state index in [1.54, 1.807) is 0 Å². The largest absolute Gasteiger partial charge is 0.348 e. The van der Waals surface area contributed by atoms with Gasteiger partial charge in [0.05, 0.1) is 13.2 Å². The summed E-state index contributed by atoms with van der Waals surface area (Å²) in [5, 5.41) is 0. The van der Waals surface area contributed by atoms with Gasteiger partial charge in [0.1, 0.15) is 0 Å². The smallest absolute Gasteiger partial charge is 0.165 e. The Labute approximate surface area is 121 Å². The Bertz CT molecular complexity index is 437. The van der Waals surface area contributed by atoms with Crippen molar-refractivity contribution in [3.05, 3.63) is 12.2 Å². The van der Waals surface area contributed by atoms with Gasteiger partial charge in [0.15, 0.2) is 5.79 Å². The minimum Gasteiger partial charge on any atom is -0.348 e. The van der Waals surface area contributed by atoms with Crippen LogP contribution in [0.2, 0.25) is 0 Å². The molecule has 2 nitrogen and oxygen atoms in total. The van der Waals surface area contributed by atoms with Crippen LogP contribution in [0.3, 0.4) is 0 Å². The molecule has 20 heavy (non-hydrogen) atoms. The zero-order valence-corrected chi connectivity index (χ0v) is 12.5. The Kier molecular flexibility index (Phi) is 2.51. The van der Waals surface area contributed by atoms with Crippen molar-refractivity contribution in [1.29, 1.82) is 0 Å². The van der Waals surface area contributed by atoms with Gasteiger partial charge < -0.3 is 9.47 Å². The summed E-state index contributed by atoms with van der Waals surface area (Å²) in [6, 6.07) is 0. The highest BCUT2D eigenvalue weighted by Crippen LogP contribution is 2.67. The van der Waals surface area contributed by atoms with Crippen molar-refractivity contribution in [2.45, 2.75) is 44.8 Å². The highest BCUT2D eigenvalue weighted by molar-refractivity contribution is 5.20. The Morgan fingerprint density at radius 3 is 2.55 bits per heavy atom. The summed E-state index contributed by atoms with van der Waals surface area (Å²) in [7, 11) is 0. The molecule has 0 amide bonds. The average Bonchev–Trinajstić information content (AvgIpc) is 3.21. The molecule has 0 spiro atoms. The highest BCUT2D eigenvalue weighted by atomic mass is 16.7. The standard InChI is InChI=1S/C18H26O2/c1-18(19-6-7-20-18)5-4-11-8-14-10-15(11)17-13-3-2-12(9-13)16(14)17/h2-3,11-17H,4-10H2,1H3. The Balaban J connectivity index is 1.28. The summed E-state index contributed by atoms with van der Waals surface area (Å²) in [5.74, 6) is 6.78. The lowest BCUT2D eigenvalue weighted by atomic mass is 9.68. The van der Waals surface area contributed by atoms with Gasteiger partial charge in [0.25, 0.3) is 0 Å². The van der Waals surface area contributed by atoms with E-state index in [0.717, 1.165) is 61.1 Å². The van der Waals surface area contributed by atoms with Crippen LogP contribution in [-0.4, -0.2) is 19.0 Å². The fourth-order valence-electron chi connectivity index (χ4n) is 6.63. The van der Waals surface area contributed by atoms with Gasteiger partial charge in [-0.3, -0.25) is 0 Å². The third kappa shape index (κ3) is 1.58. The van der Waals surface area contributed by atoms with E-state index in [0.29, 0.717) is 0 Å². The third-order valence-corrected chi connectivity index (χ3v) is 7.28. The maximum atomic E-state index is 5.78. The summed E-state index contributed by atoms with van der Waals surface area (Å²) in [6.45, 7) is 3.70. The maximum absolute atomic E-state index is 5.78. The van der Waals surface area contributed by atoms with Gasteiger partial charge in [0, 0.05) is 6.42 Å². The number of hydrogen-bond acceptors (Lipinski definition) is 2. The first-order valence-electron chi connectivity index (χ1n) is 8.70. The second-order valence-electron chi connectivity index (χ2n) is 8.13. The molecule has 4 aliphatic carbocycles. The summed E-state index contributed by atoms with van der Waals surface area (Å²) in [6.07, 6.45) is 12.0. The van der Waals surface area contributed by atoms with Crippen LogP contribution < -0.4 is 0 Å². The fourth-order valence-corrected chi connectivity index (χ4v) is 6.63. The lowest BCUT2D eigenvalue weighted by Gasteiger charge is -2.37. The summed E-state index contributed by atoms with van der Waals surface area (Å²) < 4.78 is 11.6. The molecule has 7 atom stereocenters. The molecule has 110 valence electrons. The second-order valence-corrected chi connectivity index (χ2v) is 8.13. The van der Waals surface area contributed by atoms with Gasteiger partial charge >= 0.3 is 0 Å². The van der Waals surface area contributed by atoms with Crippen molar-refractivity contribution >= 4 is 0 Å². The quantitative estimate of drug-likeness (QED) is 0.578. The van der Waals surface area contributed by atoms with Crippen molar-refractivity contribution in [3.63, 3.8) is 0 Å². The van der Waals surface area contributed by atoms with Crippen LogP contribution in [0.15, 0.2) is 12.2 Å². The van der Waals surface area contributed by atoms with Crippen molar-refractivity contribution < 1.29 is 9.47 Å². The minimum atomic E-state index is -0.268. The Hall–Kier alpha value is -0.340. The van der Waals surface area contributed by atoms with E-state index < -0.39 is 0 Å². The lowest BCUT2D eigenvalue weighted by molar-refractivity contribution is -0.150. The number of fused-ring (bicyclic) bond motifs is 9. The van der Waals surface area contributed by atoms with Crippen LogP contribution in [0.1, 0.15) is 39.0 Å². The van der Waals surface area contributed by atoms with Gasteiger partial charge in [-0.25, -0.2) is 0 Å². The van der Waals surface area contributed by atoms with Crippen LogP contribution >= 0.6 is 0 Å². The monoisotopic (exact) mass is 274 g/mol. The van der Waals surface area contributed by atoms with Gasteiger partial charge in [-0.15, -0.1) is 0 Å². The number of rotatable bonds is 3. The average molecular weight is 274 g/mol. The molecule has 1 saturated heterocycles. The molecular weight excluding hydrogens is 248 g/mol. The van der Waals surface area contributed by atoms with Gasteiger partial charge in [-0.05, 0) is 74.0 Å². The van der Waals surface area contributed by atoms with E-state index in [4.69, 9.17) is 9.47 Å². The molecule has 5 aliphatic rings. The van der Waals surface area contributed by atoms with Crippen LogP contribution in [0, 0.1) is 41.4 Å². The highest BCUT2D eigenvalue weighted by Gasteiger charge is 2.60. The lowest BCUT2D eigenvalue weighted by Crippen LogP contribution is -2.33. The zero-order valence-electron chi connectivity index (χ0n) is 12.5. The molecule has 0 radical (unpaired) electrons. The third-order valence-electron chi connectivity index (χ3n) is 7.28. The number of allylic oxidation sites excluding steroid dienone is 2. The number of ether oxygens (including phenoxy) is 2. The SMILES string of the molecule is CC1(CCC2CC3CC2C2C4C=CC(C4)C32)OCCO1. The first-order valence-corrected chi connectivity index (χ1v) is 8.70. The summed E-state index contributed by atoms with van der Waals surface area (Å²) in [5.41, 5.74) is 0. The van der Waals surface area contributed by atoms with Crippen molar-refractivity contribution in [2.75, 3.05) is 13.2 Å². The molecule has 2 heteroatoms. The van der Waals surface area contributed by atoms with Crippen LogP contribution in [0.4, 0.5) is 0 Å². The van der Waals surface area contributed by atoms with Crippen molar-refractivity contribution in [3.8, 4) is 0 Å².